The normalized spacial score (nSPS) is 18.7. The van der Waals surface area contributed by atoms with Gasteiger partial charge in [-0.05, 0) is 44.8 Å². The van der Waals surface area contributed by atoms with Crippen molar-refractivity contribution < 1.29 is 14.1 Å². The van der Waals surface area contributed by atoms with E-state index in [-0.39, 0.29) is 18.3 Å². The van der Waals surface area contributed by atoms with Crippen LogP contribution in [0.25, 0.3) is 6.08 Å². The summed E-state index contributed by atoms with van der Waals surface area (Å²) in [6, 6.07) is 3.65. The van der Waals surface area contributed by atoms with Gasteiger partial charge >= 0.3 is 7.12 Å². The highest BCUT2D eigenvalue weighted by molar-refractivity contribution is 6.56. The van der Waals surface area contributed by atoms with E-state index < -0.39 is 18.3 Å². The van der Waals surface area contributed by atoms with Crippen LogP contribution >= 0.6 is 0 Å². The van der Waals surface area contributed by atoms with Gasteiger partial charge in [0.1, 0.15) is 11.9 Å². The number of amides is 1. The summed E-state index contributed by atoms with van der Waals surface area (Å²) < 4.78 is 12.1. The van der Waals surface area contributed by atoms with Gasteiger partial charge in [0.2, 0.25) is 5.91 Å². The number of nitrogens with zero attached hydrogens (tertiary/aromatic N) is 2. The maximum atomic E-state index is 11.3. The van der Waals surface area contributed by atoms with Crippen molar-refractivity contribution in [3.63, 3.8) is 0 Å². The van der Waals surface area contributed by atoms with E-state index in [2.05, 4.69) is 10.3 Å². The van der Waals surface area contributed by atoms with Gasteiger partial charge in [0, 0.05) is 19.7 Å². The lowest BCUT2D eigenvalue weighted by atomic mass is 9.77. The van der Waals surface area contributed by atoms with Crippen LogP contribution in [0.3, 0.4) is 0 Å². The molecule has 0 atom stereocenters. The van der Waals surface area contributed by atoms with E-state index in [9.17, 15) is 4.79 Å². The third-order valence-electron chi connectivity index (χ3n) is 4.51. The average molecular weight is 342 g/mol. The Kier molecular flexibility index (Phi) is 5.21. The number of nitrogen functional groups attached to an aromatic ring is 1. The fraction of sp³-hybridized carbons (Fsp3) is 0.471. The van der Waals surface area contributed by atoms with E-state index in [1.165, 1.54) is 6.92 Å². The van der Waals surface area contributed by atoms with Crippen LogP contribution in [0.2, 0.25) is 0 Å². The van der Waals surface area contributed by atoms with Gasteiger partial charge in [-0.3, -0.25) is 4.79 Å². The third-order valence-corrected chi connectivity index (χ3v) is 4.51. The monoisotopic (exact) mass is 342 g/mol. The smallest absolute Gasteiger partial charge is 0.400 e. The highest BCUT2D eigenvalue weighted by atomic mass is 16.7. The number of hydrogen-bond acceptors (Lipinski definition) is 6. The summed E-state index contributed by atoms with van der Waals surface area (Å²) in [5.74, 6) is 0.0225. The number of aromatic nitrogens is 1. The zero-order valence-corrected chi connectivity index (χ0v) is 15.2. The van der Waals surface area contributed by atoms with Gasteiger partial charge in [0.15, 0.2) is 0 Å². The number of rotatable bonds is 4. The lowest BCUT2D eigenvalue weighted by Crippen LogP contribution is -2.41. The van der Waals surface area contributed by atoms with Crippen LogP contribution < -0.4 is 11.1 Å². The predicted molar refractivity (Wildman–Crippen MR) is 96.1 cm³/mol. The van der Waals surface area contributed by atoms with E-state index in [0.717, 1.165) is 5.47 Å². The second kappa shape index (κ2) is 6.86. The molecule has 1 aromatic heterocycles. The first kappa shape index (κ1) is 19.0. The van der Waals surface area contributed by atoms with Crippen LogP contribution in [0.1, 0.15) is 45.7 Å². The summed E-state index contributed by atoms with van der Waals surface area (Å²) >= 11 is 0. The SMILES string of the molecule is CC(=O)NCC(=Cc1cnc(N)c(C#N)c1)B1OC(C)(C)C(C)(C)O1. The molecule has 8 heteroatoms. The number of carbonyl (C=O) groups is 1. The van der Waals surface area contributed by atoms with E-state index >= 15 is 0 Å². The zero-order valence-electron chi connectivity index (χ0n) is 15.2. The molecule has 2 heterocycles. The standard InChI is InChI=1S/C17H23BN4O3/c1-11(23)21-10-14(18-24-16(2,3)17(4,5)25-18)7-12-6-13(8-19)15(20)22-9-12/h6-7,9H,10H2,1-5H3,(H2,20,22)(H,21,23). The highest BCUT2D eigenvalue weighted by Gasteiger charge is 2.52. The summed E-state index contributed by atoms with van der Waals surface area (Å²) in [5.41, 5.74) is 6.37. The van der Waals surface area contributed by atoms with Crippen molar-refractivity contribution in [1.82, 2.24) is 10.3 Å². The summed E-state index contributed by atoms with van der Waals surface area (Å²) in [6.07, 6.45) is 3.36. The van der Waals surface area contributed by atoms with Crippen LogP contribution in [0.4, 0.5) is 5.82 Å². The summed E-state index contributed by atoms with van der Waals surface area (Å²) in [4.78, 5) is 15.3. The number of hydrogen-bond donors (Lipinski definition) is 2. The quantitative estimate of drug-likeness (QED) is 0.806. The topological polar surface area (TPSA) is 110 Å². The van der Waals surface area contributed by atoms with Crippen molar-refractivity contribution in [2.75, 3.05) is 12.3 Å². The molecule has 0 bridgehead atoms. The lowest BCUT2D eigenvalue weighted by molar-refractivity contribution is -0.118. The lowest BCUT2D eigenvalue weighted by Gasteiger charge is -2.32. The molecule has 0 spiro atoms. The predicted octanol–water partition coefficient (Wildman–Crippen LogP) is 1.69. The Morgan fingerprint density at radius 2 is 2.00 bits per heavy atom. The number of anilines is 1. The number of nitriles is 1. The fourth-order valence-electron chi connectivity index (χ4n) is 2.30. The highest BCUT2D eigenvalue weighted by Crippen LogP contribution is 2.38. The second-order valence-corrected chi connectivity index (χ2v) is 7.03. The molecule has 25 heavy (non-hydrogen) atoms. The Morgan fingerprint density at radius 1 is 1.40 bits per heavy atom. The van der Waals surface area contributed by atoms with Crippen molar-refractivity contribution in [3.05, 3.63) is 28.9 Å². The van der Waals surface area contributed by atoms with E-state index in [0.29, 0.717) is 11.1 Å². The largest absolute Gasteiger partial charge is 0.492 e. The summed E-state index contributed by atoms with van der Waals surface area (Å²) in [7, 11) is -0.611. The minimum absolute atomic E-state index is 0.157. The Bertz CT molecular complexity index is 737. The summed E-state index contributed by atoms with van der Waals surface area (Å²) in [6.45, 7) is 9.55. The molecule has 1 aromatic rings. The minimum atomic E-state index is -0.611. The van der Waals surface area contributed by atoms with Crippen LogP contribution in [0.5, 0.6) is 0 Å². The van der Waals surface area contributed by atoms with Crippen molar-refractivity contribution in [2.45, 2.75) is 45.8 Å². The van der Waals surface area contributed by atoms with Crippen molar-refractivity contribution in [2.24, 2.45) is 0 Å². The number of nitrogens with one attached hydrogen (secondary N) is 1. The second-order valence-electron chi connectivity index (χ2n) is 7.03. The van der Waals surface area contributed by atoms with Gasteiger partial charge in [-0.15, -0.1) is 0 Å². The van der Waals surface area contributed by atoms with Gasteiger partial charge in [-0.1, -0.05) is 6.08 Å². The van der Waals surface area contributed by atoms with Crippen molar-refractivity contribution in [1.29, 1.82) is 5.26 Å². The van der Waals surface area contributed by atoms with Gasteiger partial charge in [0.05, 0.1) is 16.8 Å². The van der Waals surface area contributed by atoms with Crippen molar-refractivity contribution >= 4 is 24.9 Å². The number of carbonyl (C=O) groups excluding carboxylic acids is 1. The number of nitrogens with two attached hydrogens (primary N) is 1. The molecule has 0 radical (unpaired) electrons. The average Bonchev–Trinajstić information content (AvgIpc) is 2.73. The minimum Gasteiger partial charge on any atom is -0.400 e. The van der Waals surface area contributed by atoms with Gasteiger partial charge < -0.3 is 20.4 Å². The maximum Gasteiger partial charge on any atom is 0.492 e. The Balaban J connectivity index is 2.37. The first-order chi connectivity index (χ1) is 11.6. The zero-order chi connectivity index (χ0) is 18.8. The van der Waals surface area contributed by atoms with E-state index in [4.69, 9.17) is 20.3 Å². The summed E-state index contributed by atoms with van der Waals surface area (Å²) in [5, 5.41) is 11.9. The fourth-order valence-corrected chi connectivity index (χ4v) is 2.30. The molecule has 0 aromatic carbocycles. The van der Waals surface area contributed by atoms with Gasteiger partial charge in [-0.2, -0.15) is 5.26 Å². The molecule has 1 amide bonds. The Labute approximate surface area is 148 Å². The number of pyridine rings is 1. The van der Waals surface area contributed by atoms with Crippen molar-refractivity contribution in [3.8, 4) is 6.07 Å². The van der Waals surface area contributed by atoms with Gasteiger partial charge in [-0.25, -0.2) is 4.98 Å². The third kappa shape index (κ3) is 4.19. The first-order valence-corrected chi connectivity index (χ1v) is 8.02. The molecule has 0 saturated carbocycles. The van der Waals surface area contributed by atoms with E-state index in [1.807, 2.05) is 33.8 Å². The molecule has 1 aliphatic rings. The van der Waals surface area contributed by atoms with Crippen LogP contribution in [0, 0.1) is 11.3 Å². The van der Waals surface area contributed by atoms with Crippen LogP contribution in [-0.4, -0.2) is 35.8 Å². The van der Waals surface area contributed by atoms with Crippen LogP contribution in [0.15, 0.2) is 17.7 Å². The first-order valence-electron chi connectivity index (χ1n) is 8.02. The molecule has 0 aliphatic carbocycles. The van der Waals surface area contributed by atoms with Crippen LogP contribution in [-0.2, 0) is 14.1 Å². The molecule has 132 valence electrons. The molecule has 0 unspecified atom stereocenters. The van der Waals surface area contributed by atoms with E-state index in [1.54, 1.807) is 18.3 Å². The molecular weight excluding hydrogens is 319 g/mol. The Morgan fingerprint density at radius 3 is 2.52 bits per heavy atom. The molecule has 1 fully saturated rings. The molecule has 1 aliphatic heterocycles. The Hall–Kier alpha value is -2.37. The molecule has 7 nitrogen and oxygen atoms in total. The molecule has 3 N–H and O–H groups in total. The van der Waals surface area contributed by atoms with Gasteiger partial charge in [0.25, 0.3) is 0 Å². The molecule has 1 saturated heterocycles. The maximum absolute atomic E-state index is 11.3. The molecule has 2 rings (SSSR count). The molecular formula is C17H23BN4O3.